The first kappa shape index (κ1) is 42.7. The van der Waals surface area contributed by atoms with Gasteiger partial charge >= 0.3 is 0 Å². The fraction of sp³-hybridized carbons (Fsp3) is 0.378. The quantitative estimate of drug-likeness (QED) is 0.122. The van der Waals surface area contributed by atoms with Gasteiger partial charge < -0.3 is 43.1 Å². The second kappa shape index (κ2) is 19.3. The minimum atomic E-state index is -1.08. The van der Waals surface area contributed by atoms with Gasteiger partial charge in [0.25, 0.3) is 0 Å². The number of carbonyl (C=O) groups excluding carboxylic acids is 1. The van der Waals surface area contributed by atoms with Gasteiger partial charge in [-0.3, -0.25) is 4.79 Å². The fourth-order valence-corrected chi connectivity index (χ4v) is 9.35. The summed E-state index contributed by atoms with van der Waals surface area (Å²) in [4.78, 5) is 27.1. The molecule has 1 unspecified atom stereocenters. The van der Waals surface area contributed by atoms with E-state index < -0.39 is 5.79 Å². The van der Waals surface area contributed by atoms with Crippen LogP contribution in [-0.4, -0.2) is 105 Å². The summed E-state index contributed by atoms with van der Waals surface area (Å²) in [5.41, 5.74) is 4.37. The van der Waals surface area contributed by atoms with Crippen LogP contribution in [-0.2, 0) is 26.6 Å². The number of rotatable bonds is 12. The highest BCUT2D eigenvalue weighted by molar-refractivity contribution is 7.99. The van der Waals surface area contributed by atoms with Crippen LogP contribution in [0, 0.1) is 5.92 Å². The predicted molar refractivity (Wildman–Crippen MR) is 236 cm³/mol. The Balaban J connectivity index is 0.000000198. The van der Waals surface area contributed by atoms with Crippen LogP contribution in [0.1, 0.15) is 19.4 Å². The molecule has 0 saturated carbocycles. The lowest BCUT2D eigenvalue weighted by molar-refractivity contribution is -0.189. The maximum atomic E-state index is 11.6. The Bertz CT molecular complexity index is 2170. The van der Waals surface area contributed by atoms with Crippen molar-refractivity contribution in [2.75, 3.05) is 83.5 Å². The maximum absolute atomic E-state index is 11.6. The van der Waals surface area contributed by atoms with E-state index in [4.69, 9.17) is 42.1 Å². The third-order valence-electron chi connectivity index (χ3n) is 10.5. The van der Waals surface area contributed by atoms with Gasteiger partial charge in [0.05, 0.1) is 43.0 Å². The fourth-order valence-electron chi connectivity index (χ4n) is 7.72. The van der Waals surface area contributed by atoms with Crippen molar-refractivity contribution >= 4 is 57.9 Å². The number of fused-ring (bicyclic) bond motifs is 2. The highest BCUT2D eigenvalue weighted by Crippen LogP contribution is 2.49. The van der Waals surface area contributed by atoms with Crippen molar-refractivity contribution in [3.05, 3.63) is 119 Å². The molecule has 3 aliphatic rings. The van der Waals surface area contributed by atoms with E-state index in [0.29, 0.717) is 41.3 Å². The molecular weight excluding hydrogens is 808 g/mol. The molecular formula is C45H52Cl2N6O5S. The number of methoxy groups -OCH3 is 1. The van der Waals surface area contributed by atoms with Gasteiger partial charge in [-0.2, -0.15) is 0 Å². The third kappa shape index (κ3) is 10.5. The molecule has 5 aromatic rings. The van der Waals surface area contributed by atoms with Gasteiger partial charge in [0.15, 0.2) is 0 Å². The Kier molecular flexibility index (Phi) is 14.0. The molecule has 0 spiro atoms. The molecule has 312 valence electrons. The van der Waals surface area contributed by atoms with Crippen LogP contribution >= 0.6 is 35.0 Å². The van der Waals surface area contributed by atoms with Crippen LogP contribution in [0.4, 0.5) is 17.1 Å². The van der Waals surface area contributed by atoms with E-state index in [9.17, 15) is 4.79 Å². The second-order valence-corrected chi connectivity index (χ2v) is 17.3. The Labute approximate surface area is 361 Å². The monoisotopic (exact) mass is 858 g/mol. The normalized spacial score (nSPS) is 19.1. The summed E-state index contributed by atoms with van der Waals surface area (Å²) in [6.07, 6.45) is 4.98. The van der Waals surface area contributed by atoms with Crippen LogP contribution in [0.2, 0.25) is 10.0 Å². The van der Waals surface area contributed by atoms with Crippen molar-refractivity contribution in [2.24, 2.45) is 5.92 Å². The highest BCUT2D eigenvalue weighted by Gasteiger charge is 2.45. The number of hydrogen-bond acceptors (Lipinski definition) is 10. The Hall–Kier alpha value is -4.43. The van der Waals surface area contributed by atoms with Gasteiger partial charge in [-0.15, -0.1) is 0 Å². The van der Waals surface area contributed by atoms with Crippen molar-refractivity contribution in [2.45, 2.75) is 42.1 Å². The lowest BCUT2D eigenvalue weighted by Crippen LogP contribution is -2.48. The van der Waals surface area contributed by atoms with E-state index in [-0.39, 0.29) is 12.0 Å². The second-order valence-electron chi connectivity index (χ2n) is 15.3. The topological polar surface area (TPSA) is 84.8 Å². The molecule has 3 atom stereocenters. The molecule has 4 aromatic carbocycles. The molecule has 1 amide bonds. The van der Waals surface area contributed by atoms with Crippen molar-refractivity contribution in [1.29, 1.82) is 0 Å². The predicted octanol–water partition coefficient (Wildman–Crippen LogP) is 8.70. The van der Waals surface area contributed by atoms with Gasteiger partial charge in [-0.25, -0.2) is 4.98 Å². The van der Waals surface area contributed by atoms with Gasteiger partial charge in [-0.1, -0.05) is 60.1 Å². The third-order valence-corrected chi connectivity index (χ3v) is 12.2. The summed E-state index contributed by atoms with van der Waals surface area (Å²) >= 11 is 14.5. The van der Waals surface area contributed by atoms with E-state index in [1.807, 2.05) is 63.8 Å². The molecule has 1 aromatic heterocycles. The SMILES string of the molecule is CC(=O)N1CCN(c2ccc(OC[C@H]3CO[C@](Cn4ccnc4)(c4ccc(Cl)cc4Cl)O3)cc2)CC1.COc1ccc2c(c1)N(CC(C)CN(C)C)c1ccccc1S2. The van der Waals surface area contributed by atoms with Crippen LogP contribution in [0.25, 0.3) is 0 Å². The number of hydrogen-bond donors (Lipinski definition) is 0. The molecule has 2 fully saturated rings. The molecule has 2 saturated heterocycles. The van der Waals surface area contributed by atoms with Gasteiger partial charge in [0.1, 0.15) is 24.2 Å². The number of benzene rings is 4. The van der Waals surface area contributed by atoms with Gasteiger partial charge in [-0.05, 0) is 80.7 Å². The summed E-state index contributed by atoms with van der Waals surface area (Å²) in [6, 6.07) is 28.3. The van der Waals surface area contributed by atoms with E-state index in [2.05, 4.69) is 77.1 Å². The number of piperazine rings is 1. The number of para-hydroxylation sites is 1. The van der Waals surface area contributed by atoms with E-state index >= 15 is 0 Å². The Morgan fingerprint density at radius 2 is 1.71 bits per heavy atom. The van der Waals surface area contributed by atoms with Crippen LogP contribution in [0.3, 0.4) is 0 Å². The highest BCUT2D eigenvalue weighted by atomic mass is 35.5. The lowest BCUT2D eigenvalue weighted by Gasteiger charge is -2.35. The minimum absolute atomic E-state index is 0.129. The first-order chi connectivity index (χ1) is 28.5. The van der Waals surface area contributed by atoms with Gasteiger partial charge in [0, 0.05) is 90.7 Å². The summed E-state index contributed by atoms with van der Waals surface area (Å²) in [5, 5.41) is 1.02. The Morgan fingerprint density at radius 3 is 2.41 bits per heavy atom. The molecule has 14 heteroatoms. The molecule has 11 nitrogen and oxygen atoms in total. The van der Waals surface area contributed by atoms with Crippen LogP contribution < -0.4 is 19.3 Å². The standard InChI is InChI=1S/C26H28Cl2N4O4.C19H24N2OS/c1-19(33)31-10-12-32(13-11-31)21-3-5-22(6-4-21)34-15-23-16-35-26(36-23,17-30-9-8-29-18-30)24-7-2-20(27)14-25(24)28;1-14(12-20(2)3)13-21-16-7-5-6-8-18(16)23-19-10-9-15(22-4)11-17(19)21/h2-9,14,18,23H,10-13,15-17H2,1H3;5-11,14H,12-13H2,1-4H3/t23-,26-;/m0./s1. The van der Waals surface area contributed by atoms with E-state index in [0.717, 1.165) is 56.5 Å². The number of halogens is 2. The molecule has 59 heavy (non-hydrogen) atoms. The zero-order valence-corrected chi connectivity index (χ0v) is 36.6. The van der Waals surface area contributed by atoms with Gasteiger partial charge in [0.2, 0.25) is 11.7 Å². The Morgan fingerprint density at radius 1 is 0.966 bits per heavy atom. The largest absolute Gasteiger partial charge is 0.497 e. The molecule has 8 rings (SSSR count). The van der Waals surface area contributed by atoms with E-state index in [1.165, 1.54) is 21.2 Å². The number of aromatic nitrogens is 2. The molecule has 3 aliphatic heterocycles. The van der Waals surface area contributed by atoms with Crippen LogP contribution in [0.5, 0.6) is 11.5 Å². The number of anilines is 3. The molecule has 4 heterocycles. The average Bonchev–Trinajstić information content (AvgIpc) is 3.90. The number of nitrogens with zero attached hydrogens (tertiary/aromatic N) is 6. The molecule has 0 bridgehead atoms. The summed E-state index contributed by atoms with van der Waals surface area (Å²) in [7, 11) is 5.99. The number of ether oxygens (including phenoxy) is 4. The minimum Gasteiger partial charge on any atom is -0.497 e. The summed E-state index contributed by atoms with van der Waals surface area (Å²) < 4.78 is 26.0. The van der Waals surface area contributed by atoms with Crippen molar-refractivity contribution in [3.8, 4) is 11.5 Å². The van der Waals surface area contributed by atoms with E-state index in [1.54, 1.807) is 38.7 Å². The zero-order chi connectivity index (χ0) is 41.5. The van der Waals surface area contributed by atoms with Crippen molar-refractivity contribution in [1.82, 2.24) is 19.4 Å². The number of amides is 1. The molecule has 0 aliphatic carbocycles. The first-order valence-electron chi connectivity index (χ1n) is 19.8. The molecule has 0 radical (unpaired) electrons. The smallest absolute Gasteiger partial charge is 0.219 e. The number of carbonyl (C=O) groups is 1. The molecule has 0 N–H and O–H groups in total. The van der Waals surface area contributed by atoms with Crippen molar-refractivity contribution < 1.29 is 23.7 Å². The summed E-state index contributed by atoms with van der Waals surface area (Å²) in [6.45, 7) is 10.2. The average molecular weight is 860 g/mol. The van der Waals surface area contributed by atoms with Crippen LogP contribution in [0.15, 0.2) is 113 Å². The maximum Gasteiger partial charge on any atom is 0.219 e. The van der Waals surface area contributed by atoms with Crippen molar-refractivity contribution in [3.63, 3.8) is 0 Å². The first-order valence-corrected chi connectivity index (χ1v) is 21.4. The zero-order valence-electron chi connectivity index (χ0n) is 34.2. The lowest BCUT2D eigenvalue weighted by atomic mass is 10.1. The number of imidazole rings is 1. The summed E-state index contributed by atoms with van der Waals surface area (Å²) in [5.74, 6) is 1.28.